The molecule has 0 spiro atoms. The molecule has 0 aliphatic carbocycles. The number of aryl methyl sites for hydroxylation is 1. The number of sulfonamides is 1. The van der Waals surface area contributed by atoms with E-state index in [4.69, 9.17) is 0 Å². The first-order chi connectivity index (χ1) is 12.6. The van der Waals surface area contributed by atoms with Gasteiger partial charge in [0, 0.05) is 13.1 Å². The fourth-order valence-electron chi connectivity index (χ4n) is 3.17. The minimum Gasteiger partial charge on any atom is -0.355 e. The minimum atomic E-state index is -3.41. The second-order valence-electron chi connectivity index (χ2n) is 6.69. The summed E-state index contributed by atoms with van der Waals surface area (Å²) in [6.07, 6.45) is 6.14. The van der Waals surface area contributed by atoms with Crippen LogP contribution in [0.2, 0.25) is 0 Å². The molecular formula is C19H26N4O2S. The second-order valence-corrected chi connectivity index (χ2v) is 8.53. The molecule has 0 bridgehead atoms. The minimum absolute atomic E-state index is 0.0669. The maximum absolute atomic E-state index is 12.2. The highest BCUT2D eigenvalue weighted by molar-refractivity contribution is 7.92. The Balaban J connectivity index is 1.52. The van der Waals surface area contributed by atoms with Crippen LogP contribution in [-0.4, -0.2) is 37.5 Å². The molecule has 1 N–H and O–H groups in total. The van der Waals surface area contributed by atoms with E-state index in [2.05, 4.69) is 19.8 Å². The highest BCUT2D eigenvalue weighted by atomic mass is 32.2. The van der Waals surface area contributed by atoms with Gasteiger partial charge in [-0.15, -0.1) is 10.2 Å². The van der Waals surface area contributed by atoms with Gasteiger partial charge in [0.2, 0.25) is 10.0 Å². The zero-order valence-corrected chi connectivity index (χ0v) is 15.8. The Morgan fingerprint density at radius 2 is 1.65 bits per heavy atom. The average Bonchev–Trinajstić information content (AvgIpc) is 2.92. The molecular weight excluding hydrogens is 348 g/mol. The Bertz CT molecular complexity index is 771. The summed E-state index contributed by atoms with van der Waals surface area (Å²) in [5.74, 6) is 1.17. The van der Waals surface area contributed by atoms with Gasteiger partial charge < -0.3 is 4.90 Å². The van der Waals surface area contributed by atoms with Crippen LogP contribution in [0.4, 0.5) is 11.6 Å². The predicted molar refractivity (Wildman–Crippen MR) is 105 cm³/mol. The molecule has 140 valence electrons. The zero-order chi connectivity index (χ0) is 18.2. The standard InChI is InChI=1S/C19H26N4O2S/c24-26(25,16-8-11-17-9-4-3-5-10-17)22-18-12-13-19(21-20-18)23-14-6-1-2-7-15-23/h3-5,9-10,12-13H,1-2,6-8,11,14-16H2,(H,20,22). The van der Waals surface area contributed by atoms with E-state index in [1.807, 2.05) is 36.4 Å². The maximum Gasteiger partial charge on any atom is 0.233 e. The Morgan fingerprint density at radius 1 is 0.923 bits per heavy atom. The third-order valence-corrected chi connectivity index (χ3v) is 5.91. The topological polar surface area (TPSA) is 75.2 Å². The summed E-state index contributed by atoms with van der Waals surface area (Å²) >= 11 is 0. The Labute approximate surface area is 155 Å². The van der Waals surface area contributed by atoms with E-state index >= 15 is 0 Å². The SMILES string of the molecule is O=S(=O)(CCCc1ccccc1)Nc1ccc(N2CCCCCC2)nn1. The van der Waals surface area contributed by atoms with Crippen LogP contribution in [0.3, 0.4) is 0 Å². The normalized spacial score (nSPS) is 15.5. The molecule has 26 heavy (non-hydrogen) atoms. The number of aromatic nitrogens is 2. The van der Waals surface area contributed by atoms with Crippen molar-refractivity contribution in [2.45, 2.75) is 38.5 Å². The van der Waals surface area contributed by atoms with Crippen molar-refractivity contribution >= 4 is 21.7 Å². The number of hydrogen-bond acceptors (Lipinski definition) is 5. The first-order valence-electron chi connectivity index (χ1n) is 9.25. The molecule has 1 aliphatic rings. The molecule has 6 nitrogen and oxygen atoms in total. The summed E-state index contributed by atoms with van der Waals surface area (Å²) in [7, 11) is -3.41. The van der Waals surface area contributed by atoms with Gasteiger partial charge in [0.25, 0.3) is 0 Å². The number of nitrogens with zero attached hydrogens (tertiary/aromatic N) is 3. The first kappa shape index (κ1) is 18.6. The molecule has 2 aromatic rings. The molecule has 0 atom stereocenters. The summed E-state index contributed by atoms with van der Waals surface area (Å²) in [5, 5.41) is 8.26. The van der Waals surface area contributed by atoms with Crippen molar-refractivity contribution in [2.75, 3.05) is 28.5 Å². The number of benzene rings is 1. The van der Waals surface area contributed by atoms with Gasteiger partial charge in [-0.05, 0) is 43.4 Å². The molecule has 1 aromatic carbocycles. The van der Waals surface area contributed by atoms with Crippen LogP contribution in [0.5, 0.6) is 0 Å². The smallest absolute Gasteiger partial charge is 0.233 e. The average molecular weight is 375 g/mol. The van der Waals surface area contributed by atoms with Crippen LogP contribution in [-0.2, 0) is 16.4 Å². The summed E-state index contributed by atoms with van der Waals surface area (Å²) in [4.78, 5) is 2.22. The Kier molecular flexibility index (Phi) is 6.44. The molecule has 2 heterocycles. The molecule has 0 amide bonds. The van der Waals surface area contributed by atoms with E-state index < -0.39 is 10.0 Å². The van der Waals surface area contributed by atoms with Crippen LogP contribution in [0, 0.1) is 0 Å². The van der Waals surface area contributed by atoms with Crippen molar-refractivity contribution in [2.24, 2.45) is 0 Å². The van der Waals surface area contributed by atoms with Gasteiger partial charge in [0.15, 0.2) is 11.6 Å². The lowest BCUT2D eigenvalue weighted by Gasteiger charge is -2.20. The Hall–Kier alpha value is -2.15. The molecule has 3 rings (SSSR count). The van der Waals surface area contributed by atoms with Crippen molar-refractivity contribution < 1.29 is 8.42 Å². The molecule has 1 aliphatic heterocycles. The van der Waals surface area contributed by atoms with Gasteiger partial charge in [-0.2, -0.15) is 0 Å². The van der Waals surface area contributed by atoms with Crippen LogP contribution in [0.15, 0.2) is 42.5 Å². The Morgan fingerprint density at radius 3 is 2.31 bits per heavy atom. The van der Waals surface area contributed by atoms with Gasteiger partial charge in [0.1, 0.15) is 0 Å². The van der Waals surface area contributed by atoms with E-state index in [1.165, 1.54) is 12.8 Å². The number of rotatable bonds is 7. The number of nitrogens with one attached hydrogen (secondary N) is 1. The molecule has 1 saturated heterocycles. The monoisotopic (exact) mass is 374 g/mol. The van der Waals surface area contributed by atoms with E-state index in [0.29, 0.717) is 6.42 Å². The highest BCUT2D eigenvalue weighted by Gasteiger charge is 2.14. The molecule has 1 aromatic heterocycles. The maximum atomic E-state index is 12.2. The largest absolute Gasteiger partial charge is 0.355 e. The third kappa shape index (κ3) is 5.69. The van der Waals surface area contributed by atoms with Crippen LogP contribution < -0.4 is 9.62 Å². The highest BCUT2D eigenvalue weighted by Crippen LogP contribution is 2.18. The lowest BCUT2D eigenvalue weighted by Crippen LogP contribution is -2.25. The van der Waals surface area contributed by atoms with Gasteiger partial charge in [0.05, 0.1) is 5.75 Å². The quantitative estimate of drug-likeness (QED) is 0.805. The van der Waals surface area contributed by atoms with E-state index in [0.717, 1.165) is 43.7 Å². The molecule has 0 radical (unpaired) electrons. The van der Waals surface area contributed by atoms with Gasteiger partial charge in [-0.25, -0.2) is 8.42 Å². The third-order valence-electron chi connectivity index (χ3n) is 4.56. The van der Waals surface area contributed by atoms with Crippen LogP contribution >= 0.6 is 0 Å². The van der Waals surface area contributed by atoms with Gasteiger partial charge in [-0.1, -0.05) is 43.2 Å². The summed E-state index contributed by atoms with van der Waals surface area (Å²) < 4.78 is 27.0. The summed E-state index contributed by atoms with van der Waals surface area (Å²) in [6.45, 7) is 1.97. The van der Waals surface area contributed by atoms with Crippen LogP contribution in [0.25, 0.3) is 0 Å². The number of hydrogen-bond donors (Lipinski definition) is 1. The molecule has 0 unspecified atom stereocenters. The molecule has 0 saturated carbocycles. The number of anilines is 2. The fourth-order valence-corrected chi connectivity index (χ4v) is 4.22. The molecule has 7 heteroatoms. The van der Waals surface area contributed by atoms with E-state index in [1.54, 1.807) is 6.07 Å². The summed E-state index contributed by atoms with van der Waals surface area (Å²) in [5.41, 5.74) is 1.14. The van der Waals surface area contributed by atoms with Crippen molar-refractivity contribution in [3.8, 4) is 0 Å². The van der Waals surface area contributed by atoms with E-state index in [9.17, 15) is 8.42 Å². The lowest BCUT2D eigenvalue weighted by molar-refractivity contribution is 0.598. The zero-order valence-electron chi connectivity index (χ0n) is 15.0. The first-order valence-corrected chi connectivity index (χ1v) is 10.9. The second kappa shape index (κ2) is 8.98. The fraction of sp³-hybridized carbons (Fsp3) is 0.474. The predicted octanol–water partition coefficient (Wildman–Crippen LogP) is 3.23. The van der Waals surface area contributed by atoms with Crippen LogP contribution in [0.1, 0.15) is 37.7 Å². The van der Waals surface area contributed by atoms with Crippen molar-refractivity contribution in [1.29, 1.82) is 0 Å². The lowest BCUT2D eigenvalue weighted by atomic mass is 10.1. The van der Waals surface area contributed by atoms with Gasteiger partial charge in [-0.3, -0.25) is 4.72 Å². The molecule has 1 fully saturated rings. The van der Waals surface area contributed by atoms with Gasteiger partial charge >= 0.3 is 0 Å². The van der Waals surface area contributed by atoms with Crippen molar-refractivity contribution in [3.63, 3.8) is 0 Å². The summed E-state index contributed by atoms with van der Waals surface area (Å²) in [6, 6.07) is 13.4. The van der Waals surface area contributed by atoms with Crippen molar-refractivity contribution in [3.05, 3.63) is 48.0 Å². The van der Waals surface area contributed by atoms with E-state index in [-0.39, 0.29) is 11.6 Å². The van der Waals surface area contributed by atoms with Crippen molar-refractivity contribution in [1.82, 2.24) is 10.2 Å².